The molecule has 0 aliphatic carbocycles. The molecule has 4 rings (SSSR count). The fraction of sp³-hybridized carbons (Fsp3) is 0.125. The third-order valence-electron chi connectivity index (χ3n) is 4.60. The van der Waals surface area contributed by atoms with E-state index < -0.39 is 5.97 Å². The van der Waals surface area contributed by atoms with Crippen molar-refractivity contribution >= 4 is 27.5 Å². The molecule has 0 atom stereocenters. The van der Waals surface area contributed by atoms with Crippen LogP contribution < -0.4 is 10.3 Å². The van der Waals surface area contributed by atoms with Crippen LogP contribution in [0.15, 0.2) is 82.2 Å². The monoisotopic (exact) mass is 478 g/mol. The lowest BCUT2D eigenvalue weighted by molar-refractivity contribution is 0.0462. The number of rotatable bonds is 6. The van der Waals surface area contributed by atoms with E-state index in [-0.39, 0.29) is 12.2 Å². The highest BCUT2D eigenvalue weighted by atomic mass is 79.9. The summed E-state index contributed by atoms with van der Waals surface area (Å²) in [6, 6.07) is 19.6. The van der Waals surface area contributed by atoms with Gasteiger partial charge in [0.2, 0.25) is 0 Å². The van der Waals surface area contributed by atoms with Crippen LogP contribution in [-0.4, -0.2) is 15.4 Å². The maximum absolute atomic E-state index is 12.7. The Morgan fingerprint density at radius 2 is 1.87 bits per heavy atom. The molecule has 2 heterocycles. The van der Waals surface area contributed by atoms with Crippen LogP contribution in [0.2, 0.25) is 0 Å². The number of nitrogens with zero attached hydrogens (tertiary/aromatic N) is 2. The number of carbonyl (C=O) groups excluding carboxylic acids is 1. The third-order valence-corrected chi connectivity index (χ3v) is 5.10. The number of hydrogen-bond donors (Lipinski definition) is 0. The van der Waals surface area contributed by atoms with E-state index in [1.807, 2.05) is 37.3 Å². The molecule has 0 unspecified atom stereocenters. The van der Waals surface area contributed by atoms with Gasteiger partial charge in [0, 0.05) is 16.7 Å². The number of halogens is 1. The molecular weight excluding hydrogens is 460 g/mol. The van der Waals surface area contributed by atoms with Crippen molar-refractivity contribution in [1.82, 2.24) is 9.38 Å². The summed E-state index contributed by atoms with van der Waals surface area (Å²) in [7, 11) is 0. The van der Waals surface area contributed by atoms with Gasteiger partial charge in [-0.3, -0.25) is 9.20 Å². The number of para-hydroxylation sites is 1. The van der Waals surface area contributed by atoms with Gasteiger partial charge in [0.15, 0.2) is 0 Å². The summed E-state index contributed by atoms with van der Waals surface area (Å²) in [5, 5.41) is 0. The molecule has 156 valence electrons. The first kappa shape index (κ1) is 20.8. The second-order valence-corrected chi connectivity index (χ2v) is 7.93. The average Bonchev–Trinajstić information content (AvgIpc) is 2.77. The molecule has 0 aliphatic heterocycles. The van der Waals surface area contributed by atoms with Crippen molar-refractivity contribution in [2.75, 3.05) is 0 Å². The van der Waals surface area contributed by atoms with Crippen LogP contribution in [0.1, 0.15) is 27.2 Å². The van der Waals surface area contributed by atoms with E-state index in [2.05, 4.69) is 20.9 Å². The van der Waals surface area contributed by atoms with Crippen LogP contribution in [-0.2, 0) is 18.0 Å². The molecular formula is C24H19BrN2O4. The average molecular weight is 479 g/mol. The Balaban J connectivity index is 1.47. The Morgan fingerprint density at radius 1 is 1.03 bits per heavy atom. The van der Waals surface area contributed by atoms with E-state index in [9.17, 15) is 9.59 Å². The van der Waals surface area contributed by atoms with Crippen LogP contribution in [0.25, 0.3) is 5.65 Å². The van der Waals surface area contributed by atoms with Crippen molar-refractivity contribution in [2.24, 2.45) is 0 Å². The minimum absolute atomic E-state index is 0.113. The lowest BCUT2D eigenvalue weighted by Gasteiger charge is -2.12. The summed E-state index contributed by atoms with van der Waals surface area (Å²) >= 11 is 3.43. The molecule has 0 radical (unpaired) electrons. The van der Waals surface area contributed by atoms with Gasteiger partial charge in [0.25, 0.3) is 5.56 Å². The molecule has 0 aliphatic rings. The normalized spacial score (nSPS) is 10.8. The largest absolute Gasteiger partial charge is 0.488 e. The van der Waals surface area contributed by atoms with E-state index in [1.165, 1.54) is 10.5 Å². The van der Waals surface area contributed by atoms with Gasteiger partial charge >= 0.3 is 5.97 Å². The number of aromatic nitrogens is 2. The molecule has 0 fully saturated rings. The highest BCUT2D eigenvalue weighted by molar-refractivity contribution is 9.10. The Kier molecular flexibility index (Phi) is 6.13. The number of fused-ring (bicyclic) bond motifs is 1. The van der Waals surface area contributed by atoms with Crippen molar-refractivity contribution in [3.8, 4) is 5.75 Å². The number of aryl methyl sites for hydroxylation is 1. The van der Waals surface area contributed by atoms with Gasteiger partial charge in [-0.05, 0) is 48.4 Å². The molecule has 4 aromatic rings. The van der Waals surface area contributed by atoms with Crippen molar-refractivity contribution in [3.63, 3.8) is 0 Å². The van der Waals surface area contributed by atoms with Gasteiger partial charge in [-0.1, -0.05) is 46.3 Å². The Morgan fingerprint density at radius 3 is 2.71 bits per heavy atom. The Hall–Kier alpha value is -3.45. The maximum Gasteiger partial charge on any atom is 0.342 e. The number of pyridine rings is 1. The zero-order valence-electron chi connectivity index (χ0n) is 16.7. The fourth-order valence-electron chi connectivity index (χ4n) is 3.10. The van der Waals surface area contributed by atoms with Crippen LogP contribution in [0.3, 0.4) is 0 Å². The first-order chi connectivity index (χ1) is 15.0. The summed E-state index contributed by atoms with van der Waals surface area (Å²) in [5.74, 6) is -0.120. The lowest BCUT2D eigenvalue weighted by Crippen LogP contribution is -2.17. The number of carbonyl (C=O) groups is 1. The van der Waals surface area contributed by atoms with Crippen LogP contribution in [0.4, 0.5) is 0 Å². The van der Waals surface area contributed by atoms with Gasteiger partial charge in [-0.2, -0.15) is 0 Å². The zero-order valence-corrected chi connectivity index (χ0v) is 18.3. The fourth-order valence-corrected chi connectivity index (χ4v) is 3.55. The first-order valence-corrected chi connectivity index (χ1v) is 10.4. The van der Waals surface area contributed by atoms with E-state index in [0.29, 0.717) is 29.3 Å². The minimum Gasteiger partial charge on any atom is -0.488 e. The van der Waals surface area contributed by atoms with Crippen LogP contribution >= 0.6 is 15.9 Å². The molecule has 31 heavy (non-hydrogen) atoms. The molecule has 2 aromatic heterocycles. The van der Waals surface area contributed by atoms with Crippen molar-refractivity contribution < 1.29 is 14.3 Å². The molecule has 0 N–H and O–H groups in total. The molecule has 0 bridgehead atoms. The Labute approximate surface area is 187 Å². The smallest absolute Gasteiger partial charge is 0.342 e. The molecule has 0 saturated heterocycles. The van der Waals surface area contributed by atoms with Crippen molar-refractivity contribution in [2.45, 2.75) is 20.1 Å². The summed E-state index contributed by atoms with van der Waals surface area (Å²) in [6.45, 7) is 2.10. The number of benzene rings is 2. The molecule has 2 aromatic carbocycles. The van der Waals surface area contributed by atoms with Crippen molar-refractivity contribution in [3.05, 3.63) is 110 Å². The van der Waals surface area contributed by atoms with E-state index >= 15 is 0 Å². The maximum atomic E-state index is 12.7. The predicted octanol–water partition coefficient (Wildman–Crippen LogP) is 4.70. The highest BCUT2D eigenvalue weighted by Crippen LogP contribution is 2.21. The third kappa shape index (κ3) is 5.00. The van der Waals surface area contributed by atoms with Gasteiger partial charge in [0.1, 0.15) is 30.2 Å². The quantitative estimate of drug-likeness (QED) is 0.375. The van der Waals surface area contributed by atoms with Gasteiger partial charge in [-0.15, -0.1) is 0 Å². The summed E-state index contributed by atoms with van der Waals surface area (Å²) in [4.78, 5) is 29.4. The van der Waals surface area contributed by atoms with Crippen molar-refractivity contribution in [1.29, 1.82) is 0 Å². The second kappa shape index (κ2) is 9.14. The summed E-state index contributed by atoms with van der Waals surface area (Å²) < 4.78 is 13.7. The lowest BCUT2D eigenvalue weighted by atomic mass is 10.2. The summed E-state index contributed by atoms with van der Waals surface area (Å²) in [5.41, 5.74) is 2.89. The molecule has 7 heteroatoms. The van der Waals surface area contributed by atoms with Gasteiger partial charge in [-0.25, -0.2) is 9.78 Å². The van der Waals surface area contributed by atoms with Gasteiger partial charge < -0.3 is 9.47 Å². The first-order valence-electron chi connectivity index (χ1n) is 9.62. The summed E-state index contributed by atoms with van der Waals surface area (Å²) in [6.07, 6.45) is 1.72. The standard InChI is InChI=1S/C24H19BrN2O4/c1-16-9-10-22-26-19(12-23(28)27(22)13-16)15-31-24(29)20-7-2-3-8-21(20)30-14-17-5-4-6-18(25)11-17/h2-13H,14-15H2,1H3. The second-order valence-electron chi connectivity index (χ2n) is 7.01. The molecule has 0 saturated carbocycles. The number of hydrogen-bond acceptors (Lipinski definition) is 5. The number of esters is 1. The Bertz CT molecular complexity index is 1320. The highest BCUT2D eigenvalue weighted by Gasteiger charge is 2.15. The van der Waals surface area contributed by atoms with Crippen LogP contribution in [0.5, 0.6) is 5.75 Å². The number of ether oxygens (including phenoxy) is 2. The van der Waals surface area contributed by atoms with E-state index in [4.69, 9.17) is 9.47 Å². The minimum atomic E-state index is -0.546. The van der Waals surface area contributed by atoms with Crippen LogP contribution in [0, 0.1) is 6.92 Å². The molecule has 6 nitrogen and oxygen atoms in total. The van der Waals surface area contributed by atoms with Gasteiger partial charge in [0.05, 0.1) is 5.69 Å². The predicted molar refractivity (Wildman–Crippen MR) is 120 cm³/mol. The van der Waals surface area contributed by atoms with E-state index in [0.717, 1.165) is 15.6 Å². The molecule has 0 amide bonds. The van der Waals surface area contributed by atoms with E-state index in [1.54, 1.807) is 36.5 Å². The topological polar surface area (TPSA) is 69.9 Å². The zero-order chi connectivity index (χ0) is 21.8. The SMILES string of the molecule is Cc1ccc2nc(COC(=O)c3ccccc3OCc3cccc(Br)c3)cc(=O)n2c1. The molecule has 0 spiro atoms.